The summed E-state index contributed by atoms with van der Waals surface area (Å²) in [6, 6.07) is 6.12. The lowest BCUT2D eigenvalue weighted by Crippen LogP contribution is -2.54. The Balaban J connectivity index is 1.74. The smallest absolute Gasteiger partial charge is 0.0271 e. The Morgan fingerprint density at radius 3 is 2.47 bits per heavy atom. The number of pyridine rings is 1. The van der Waals surface area contributed by atoms with Crippen molar-refractivity contribution in [3.63, 3.8) is 0 Å². The highest BCUT2D eigenvalue weighted by Crippen LogP contribution is 2.34. The topological polar surface area (TPSA) is 42.1 Å². The third-order valence-electron chi connectivity index (χ3n) is 4.28. The van der Waals surface area contributed by atoms with E-state index in [1.165, 1.54) is 37.7 Å². The lowest BCUT2D eigenvalue weighted by atomic mass is 9.82. The van der Waals surface area contributed by atoms with E-state index < -0.39 is 0 Å². The third-order valence-corrected chi connectivity index (χ3v) is 4.28. The molecule has 0 aliphatic carbocycles. The van der Waals surface area contributed by atoms with Crippen molar-refractivity contribution >= 4 is 0 Å². The van der Waals surface area contributed by atoms with Gasteiger partial charge in [-0.15, -0.1) is 0 Å². The highest BCUT2D eigenvalue weighted by Gasteiger charge is 2.36. The summed E-state index contributed by atoms with van der Waals surface area (Å²) in [6.45, 7) is 1.07. The lowest BCUT2D eigenvalue weighted by molar-refractivity contribution is 0.0245. The lowest BCUT2D eigenvalue weighted by Gasteiger charge is -2.48. The normalized spacial score (nSPS) is 33.6. The standard InChI is InChI=1S/C14H21N3/c15-12-8-13-2-1-3-14(9-12)17(13)10-11-4-6-16-7-5-11/h4-7,12-14H,1-3,8-10,15H2. The minimum absolute atomic E-state index is 0.430. The van der Waals surface area contributed by atoms with Gasteiger partial charge >= 0.3 is 0 Å². The van der Waals surface area contributed by atoms with Crippen molar-refractivity contribution in [1.82, 2.24) is 9.88 Å². The quantitative estimate of drug-likeness (QED) is 0.845. The van der Waals surface area contributed by atoms with Gasteiger partial charge in [-0.1, -0.05) is 6.42 Å². The van der Waals surface area contributed by atoms with E-state index in [4.69, 9.17) is 5.73 Å². The van der Waals surface area contributed by atoms with Crippen molar-refractivity contribution in [2.45, 2.75) is 56.8 Å². The zero-order valence-corrected chi connectivity index (χ0v) is 10.3. The molecule has 1 aromatic rings. The van der Waals surface area contributed by atoms with Gasteiger partial charge in [0.2, 0.25) is 0 Å². The minimum Gasteiger partial charge on any atom is -0.328 e. The summed E-state index contributed by atoms with van der Waals surface area (Å²) in [7, 11) is 0. The van der Waals surface area contributed by atoms with Crippen LogP contribution in [-0.4, -0.2) is 28.0 Å². The number of nitrogens with two attached hydrogens (primary N) is 1. The van der Waals surface area contributed by atoms with E-state index in [9.17, 15) is 0 Å². The second kappa shape index (κ2) is 4.75. The molecule has 2 atom stereocenters. The van der Waals surface area contributed by atoms with Gasteiger partial charge in [-0.3, -0.25) is 9.88 Å². The van der Waals surface area contributed by atoms with Gasteiger partial charge < -0.3 is 5.73 Å². The van der Waals surface area contributed by atoms with Gasteiger partial charge in [-0.25, -0.2) is 0 Å². The molecule has 0 spiro atoms. The molecule has 2 aliphatic heterocycles. The monoisotopic (exact) mass is 231 g/mol. The van der Waals surface area contributed by atoms with Gasteiger partial charge in [0.1, 0.15) is 0 Å². The molecule has 3 heteroatoms. The molecule has 3 nitrogen and oxygen atoms in total. The van der Waals surface area contributed by atoms with E-state index >= 15 is 0 Å². The number of aromatic nitrogens is 1. The Bertz CT molecular complexity index is 351. The third kappa shape index (κ3) is 2.35. The molecule has 0 aromatic carbocycles. The highest BCUT2D eigenvalue weighted by atomic mass is 15.2. The van der Waals surface area contributed by atoms with Gasteiger partial charge in [-0.2, -0.15) is 0 Å². The number of nitrogens with zero attached hydrogens (tertiary/aromatic N) is 2. The van der Waals surface area contributed by atoms with Gasteiger partial charge in [0, 0.05) is 37.1 Å². The van der Waals surface area contributed by atoms with E-state index in [1.54, 1.807) is 0 Å². The van der Waals surface area contributed by atoms with Crippen LogP contribution in [0.2, 0.25) is 0 Å². The molecule has 17 heavy (non-hydrogen) atoms. The van der Waals surface area contributed by atoms with Crippen LogP contribution in [0.25, 0.3) is 0 Å². The van der Waals surface area contributed by atoms with Gasteiger partial charge in [0.25, 0.3) is 0 Å². The van der Waals surface area contributed by atoms with Crippen molar-refractivity contribution in [1.29, 1.82) is 0 Å². The molecule has 92 valence electrons. The van der Waals surface area contributed by atoms with Crippen LogP contribution in [0.5, 0.6) is 0 Å². The summed E-state index contributed by atoms with van der Waals surface area (Å²) in [5, 5.41) is 0. The second-order valence-corrected chi connectivity index (χ2v) is 5.50. The Morgan fingerprint density at radius 1 is 1.18 bits per heavy atom. The fourth-order valence-corrected chi connectivity index (χ4v) is 3.48. The minimum atomic E-state index is 0.430. The molecule has 0 radical (unpaired) electrons. The first-order chi connectivity index (χ1) is 8.33. The van der Waals surface area contributed by atoms with Gasteiger partial charge in [-0.05, 0) is 43.4 Å². The van der Waals surface area contributed by atoms with E-state index in [2.05, 4.69) is 22.0 Å². The van der Waals surface area contributed by atoms with Crippen molar-refractivity contribution in [3.8, 4) is 0 Å². The zero-order chi connectivity index (χ0) is 11.7. The Hall–Kier alpha value is -0.930. The zero-order valence-electron chi connectivity index (χ0n) is 10.3. The van der Waals surface area contributed by atoms with Crippen LogP contribution in [0, 0.1) is 0 Å². The van der Waals surface area contributed by atoms with Crippen molar-refractivity contribution in [3.05, 3.63) is 30.1 Å². The van der Waals surface area contributed by atoms with Crippen LogP contribution in [0.15, 0.2) is 24.5 Å². The van der Waals surface area contributed by atoms with Crippen molar-refractivity contribution in [2.75, 3.05) is 0 Å². The van der Waals surface area contributed by atoms with Crippen LogP contribution >= 0.6 is 0 Å². The second-order valence-electron chi connectivity index (χ2n) is 5.50. The summed E-state index contributed by atoms with van der Waals surface area (Å²) in [6.07, 6.45) is 10.2. The maximum atomic E-state index is 6.14. The maximum Gasteiger partial charge on any atom is 0.0271 e. The summed E-state index contributed by atoms with van der Waals surface area (Å²) in [5.41, 5.74) is 7.53. The predicted octanol–water partition coefficient (Wildman–Crippen LogP) is 1.93. The molecule has 2 N–H and O–H groups in total. The summed E-state index contributed by atoms with van der Waals surface area (Å²) in [5.74, 6) is 0. The van der Waals surface area contributed by atoms with E-state index in [1.807, 2.05) is 12.4 Å². The van der Waals surface area contributed by atoms with Crippen LogP contribution in [0.1, 0.15) is 37.7 Å². The highest BCUT2D eigenvalue weighted by molar-refractivity contribution is 5.11. The number of rotatable bonds is 2. The fraction of sp³-hybridized carbons (Fsp3) is 0.643. The first-order valence-corrected chi connectivity index (χ1v) is 6.73. The van der Waals surface area contributed by atoms with E-state index in [0.717, 1.165) is 6.54 Å². The molecule has 2 unspecified atom stereocenters. The molecule has 2 fully saturated rings. The molecular formula is C14H21N3. The molecule has 2 saturated heterocycles. The number of piperidine rings is 2. The van der Waals surface area contributed by atoms with E-state index in [-0.39, 0.29) is 0 Å². The molecule has 3 rings (SSSR count). The summed E-state index contributed by atoms with van der Waals surface area (Å²) in [4.78, 5) is 6.77. The van der Waals surface area contributed by atoms with Gasteiger partial charge in [0.15, 0.2) is 0 Å². The van der Waals surface area contributed by atoms with Crippen molar-refractivity contribution in [2.24, 2.45) is 5.73 Å². The van der Waals surface area contributed by atoms with Crippen LogP contribution in [0.3, 0.4) is 0 Å². The van der Waals surface area contributed by atoms with Crippen molar-refractivity contribution < 1.29 is 0 Å². The van der Waals surface area contributed by atoms with Crippen LogP contribution in [-0.2, 0) is 6.54 Å². The Kier molecular flexibility index (Phi) is 3.12. The van der Waals surface area contributed by atoms with E-state index in [0.29, 0.717) is 18.1 Å². The maximum absolute atomic E-state index is 6.14. The summed E-state index contributed by atoms with van der Waals surface area (Å²) < 4.78 is 0. The Labute approximate surface area is 103 Å². The molecule has 1 aromatic heterocycles. The van der Waals surface area contributed by atoms with Gasteiger partial charge in [0.05, 0.1) is 0 Å². The first kappa shape index (κ1) is 11.2. The van der Waals surface area contributed by atoms with Crippen LogP contribution < -0.4 is 5.73 Å². The molecule has 2 bridgehead atoms. The molecule has 0 saturated carbocycles. The number of hydrogen-bond acceptors (Lipinski definition) is 3. The van der Waals surface area contributed by atoms with Crippen LogP contribution in [0.4, 0.5) is 0 Å². The average molecular weight is 231 g/mol. The largest absolute Gasteiger partial charge is 0.328 e. The average Bonchev–Trinajstić information content (AvgIpc) is 2.32. The number of fused-ring (bicyclic) bond motifs is 2. The Morgan fingerprint density at radius 2 is 1.82 bits per heavy atom. The molecule has 0 amide bonds. The molecule has 3 heterocycles. The number of hydrogen-bond donors (Lipinski definition) is 1. The molecule has 2 aliphatic rings. The predicted molar refractivity (Wildman–Crippen MR) is 68.4 cm³/mol. The first-order valence-electron chi connectivity index (χ1n) is 6.73. The molecular weight excluding hydrogens is 210 g/mol. The SMILES string of the molecule is NC1CC2CCCC(C1)N2Cc1ccncc1. The summed E-state index contributed by atoms with van der Waals surface area (Å²) >= 11 is 0. The fourth-order valence-electron chi connectivity index (χ4n) is 3.48.